The smallest absolute Gasteiger partial charge is 0.0360 e. The normalized spacial score (nSPS) is 14.9. The van der Waals surface area contributed by atoms with E-state index in [0.717, 1.165) is 6.42 Å². The monoisotopic (exact) mass is 181 g/mol. The molecule has 0 heterocycles. The minimum absolute atomic E-state index is 0.196. The van der Waals surface area contributed by atoms with E-state index in [-0.39, 0.29) is 5.41 Å². The quantitative estimate of drug-likeness (QED) is 0.579. The fraction of sp³-hybridized carbons (Fsp3) is 0.750. The first-order valence-corrected chi connectivity index (χ1v) is 5.12. The molecule has 76 valence electrons. The van der Waals surface area contributed by atoms with Gasteiger partial charge in [-0.05, 0) is 25.7 Å². The van der Waals surface area contributed by atoms with Crippen LogP contribution in [0.1, 0.15) is 54.4 Å². The van der Waals surface area contributed by atoms with Gasteiger partial charge in [0.15, 0.2) is 0 Å². The van der Waals surface area contributed by atoms with Crippen LogP contribution in [0.4, 0.5) is 0 Å². The molecule has 0 aliphatic rings. The van der Waals surface area contributed by atoms with Crippen LogP contribution < -0.4 is 0 Å². The van der Waals surface area contributed by atoms with Gasteiger partial charge in [-0.15, -0.1) is 0 Å². The predicted octanol–water partition coefficient (Wildman–Crippen LogP) is 4.20. The van der Waals surface area contributed by atoms with Crippen LogP contribution in [0.3, 0.4) is 0 Å². The van der Waals surface area contributed by atoms with Crippen molar-refractivity contribution >= 4 is 5.71 Å². The molecule has 0 fully saturated rings. The molecule has 0 unspecified atom stereocenters. The van der Waals surface area contributed by atoms with E-state index in [1.54, 1.807) is 0 Å². The first-order chi connectivity index (χ1) is 5.91. The van der Waals surface area contributed by atoms with Gasteiger partial charge in [-0.25, -0.2) is 0 Å². The third-order valence-corrected chi connectivity index (χ3v) is 2.24. The Morgan fingerprint density at radius 2 is 1.85 bits per heavy atom. The van der Waals surface area contributed by atoms with Gasteiger partial charge >= 0.3 is 0 Å². The second-order valence-corrected chi connectivity index (χ2v) is 4.48. The Balaban J connectivity index is 4.53. The largest absolute Gasteiger partial charge is 0.262 e. The van der Waals surface area contributed by atoms with Gasteiger partial charge in [-0.3, -0.25) is 4.99 Å². The van der Waals surface area contributed by atoms with Gasteiger partial charge in [0.05, 0.1) is 0 Å². The molecule has 0 rings (SSSR count). The Bertz CT molecular complexity index is 204. The van der Waals surface area contributed by atoms with E-state index in [2.05, 4.69) is 52.6 Å². The highest BCUT2D eigenvalue weighted by Crippen LogP contribution is 2.18. The zero-order chi connectivity index (χ0) is 10.5. The minimum Gasteiger partial charge on any atom is -0.262 e. The van der Waals surface area contributed by atoms with E-state index in [9.17, 15) is 0 Å². The van der Waals surface area contributed by atoms with Gasteiger partial charge < -0.3 is 0 Å². The van der Waals surface area contributed by atoms with Crippen molar-refractivity contribution in [3.05, 3.63) is 11.8 Å². The maximum Gasteiger partial charge on any atom is 0.0360 e. The third-order valence-electron chi connectivity index (χ3n) is 2.24. The highest BCUT2D eigenvalue weighted by molar-refractivity contribution is 5.87. The molecule has 0 bridgehead atoms. The summed E-state index contributed by atoms with van der Waals surface area (Å²) in [6.07, 6.45) is 4.36. The molecule has 0 amide bonds. The van der Waals surface area contributed by atoms with Crippen LogP contribution in [0.15, 0.2) is 16.8 Å². The summed E-state index contributed by atoms with van der Waals surface area (Å²) >= 11 is 0. The van der Waals surface area contributed by atoms with E-state index in [0.29, 0.717) is 0 Å². The van der Waals surface area contributed by atoms with Crippen molar-refractivity contribution in [1.82, 2.24) is 0 Å². The van der Waals surface area contributed by atoms with E-state index >= 15 is 0 Å². The summed E-state index contributed by atoms with van der Waals surface area (Å²) < 4.78 is 0. The molecule has 1 heteroatoms. The summed E-state index contributed by atoms with van der Waals surface area (Å²) in [6, 6.07) is 0. The van der Waals surface area contributed by atoms with Crippen LogP contribution in [0.5, 0.6) is 0 Å². The van der Waals surface area contributed by atoms with Gasteiger partial charge in [-0.2, -0.15) is 0 Å². The zero-order valence-corrected chi connectivity index (χ0v) is 9.94. The lowest BCUT2D eigenvalue weighted by atomic mass is 9.91. The molecule has 0 atom stereocenters. The molecule has 0 radical (unpaired) electrons. The van der Waals surface area contributed by atoms with Gasteiger partial charge in [0.1, 0.15) is 0 Å². The van der Waals surface area contributed by atoms with Crippen LogP contribution in [0.2, 0.25) is 0 Å². The second-order valence-electron chi connectivity index (χ2n) is 4.48. The first-order valence-electron chi connectivity index (χ1n) is 5.12. The summed E-state index contributed by atoms with van der Waals surface area (Å²) in [5.41, 5.74) is 2.63. The minimum atomic E-state index is 0.196. The molecule has 1 nitrogen and oxygen atoms in total. The molecule has 0 aromatic carbocycles. The van der Waals surface area contributed by atoms with Gasteiger partial charge in [0, 0.05) is 11.4 Å². The van der Waals surface area contributed by atoms with Crippen LogP contribution in [-0.2, 0) is 0 Å². The molecule has 0 aliphatic carbocycles. The molecule has 0 aliphatic heterocycles. The van der Waals surface area contributed by atoms with Crippen molar-refractivity contribution in [3.63, 3.8) is 0 Å². The highest BCUT2D eigenvalue weighted by atomic mass is 14.8. The van der Waals surface area contributed by atoms with E-state index in [1.165, 1.54) is 17.8 Å². The maximum absolute atomic E-state index is 4.63. The Morgan fingerprint density at radius 3 is 2.15 bits per heavy atom. The van der Waals surface area contributed by atoms with Gasteiger partial charge in [0.25, 0.3) is 0 Å². The molecule has 0 saturated carbocycles. The van der Waals surface area contributed by atoms with Crippen molar-refractivity contribution in [3.8, 4) is 0 Å². The van der Waals surface area contributed by atoms with Crippen LogP contribution >= 0.6 is 0 Å². The number of rotatable bonds is 3. The van der Waals surface area contributed by atoms with Gasteiger partial charge in [0.2, 0.25) is 0 Å². The third kappa shape index (κ3) is 4.87. The summed E-state index contributed by atoms with van der Waals surface area (Å²) in [5.74, 6) is 0. The Labute approximate surface area is 83.0 Å². The van der Waals surface area contributed by atoms with Crippen molar-refractivity contribution < 1.29 is 0 Å². The predicted molar refractivity (Wildman–Crippen MR) is 61.2 cm³/mol. The van der Waals surface area contributed by atoms with Crippen molar-refractivity contribution in [1.29, 1.82) is 0 Å². The SMILES string of the molecule is C/C=C(CCC)\N=C(\C)C(C)(C)C. The fourth-order valence-corrected chi connectivity index (χ4v) is 0.904. The lowest BCUT2D eigenvalue weighted by Crippen LogP contribution is -2.16. The van der Waals surface area contributed by atoms with Crippen molar-refractivity contribution in [2.24, 2.45) is 10.4 Å². The van der Waals surface area contributed by atoms with Crippen LogP contribution in [0.25, 0.3) is 0 Å². The summed E-state index contributed by atoms with van der Waals surface area (Å²) in [5, 5.41) is 0. The number of hydrogen-bond donors (Lipinski definition) is 0. The summed E-state index contributed by atoms with van der Waals surface area (Å²) in [4.78, 5) is 4.63. The number of aliphatic imine (C=N–C) groups is 1. The first kappa shape index (κ1) is 12.4. The molecule has 0 N–H and O–H groups in total. The Morgan fingerprint density at radius 1 is 1.31 bits per heavy atom. The molecule has 0 aromatic heterocycles. The molecule has 0 saturated heterocycles. The van der Waals surface area contributed by atoms with Gasteiger partial charge in [-0.1, -0.05) is 40.2 Å². The average molecular weight is 181 g/mol. The second kappa shape index (κ2) is 5.21. The summed E-state index contributed by atoms with van der Waals surface area (Å²) in [6.45, 7) is 13.0. The fourth-order valence-electron chi connectivity index (χ4n) is 0.904. The van der Waals surface area contributed by atoms with E-state index in [4.69, 9.17) is 0 Å². The zero-order valence-electron chi connectivity index (χ0n) is 9.94. The number of nitrogens with zero attached hydrogens (tertiary/aromatic N) is 1. The summed E-state index contributed by atoms with van der Waals surface area (Å²) in [7, 11) is 0. The van der Waals surface area contributed by atoms with Crippen molar-refractivity contribution in [2.45, 2.75) is 54.4 Å². The number of allylic oxidation sites excluding steroid dienone is 2. The lowest BCUT2D eigenvalue weighted by Gasteiger charge is -2.18. The topological polar surface area (TPSA) is 12.4 Å². The highest BCUT2D eigenvalue weighted by Gasteiger charge is 2.14. The lowest BCUT2D eigenvalue weighted by molar-refractivity contribution is 0.586. The average Bonchev–Trinajstić information content (AvgIpc) is 2.01. The van der Waals surface area contributed by atoms with Crippen LogP contribution in [-0.4, -0.2) is 5.71 Å². The molecular weight excluding hydrogens is 158 g/mol. The van der Waals surface area contributed by atoms with E-state index in [1.807, 2.05) is 0 Å². The number of hydrogen-bond acceptors (Lipinski definition) is 1. The molecular formula is C12H23N. The Kier molecular flexibility index (Phi) is 4.97. The standard InChI is InChI=1S/C12H23N/c1-7-9-11(8-2)13-10(3)12(4,5)6/h8H,7,9H2,1-6H3/b11-8-,13-10-. The van der Waals surface area contributed by atoms with E-state index < -0.39 is 0 Å². The van der Waals surface area contributed by atoms with Crippen molar-refractivity contribution in [2.75, 3.05) is 0 Å². The maximum atomic E-state index is 4.63. The molecule has 0 spiro atoms. The molecule has 0 aromatic rings. The van der Waals surface area contributed by atoms with Crippen LogP contribution in [0, 0.1) is 5.41 Å². The molecule has 13 heavy (non-hydrogen) atoms. The Hall–Kier alpha value is -0.590.